The summed E-state index contributed by atoms with van der Waals surface area (Å²) >= 11 is 0. The van der Waals surface area contributed by atoms with Crippen LogP contribution in [0.25, 0.3) is 0 Å². The number of para-hydroxylation sites is 1. The molecule has 1 saturated heterocycles. The second kappa shape index (κ2) is 5.83. The minimum absolute atomic E-state index is 0.0849. The van der Waals surface area contributed by atoms with E-state index in [1.54, 1.807) is 12.3 Å². The van der Waals surface area contributed by atoms with Crippen molar-refractivity contribution in [3.05, 3.63) is 54.4 Å². The third-order valence-electron chi connectivity index (χ3n) is 3.73. The first-order valence-electron chi connectivity index (χ1n) is 6.98. The molecule has 3 rings (SSSR count). The molecule has 0 amide bonds. The molecule has 0 saturated carbocycles. The van der Waals surface area contributed by atoms with E-state index < -0.39 is 5.97 Å². The minimum atomic E-state index is -0.990. The molecule has 0 atom stereocenters. The highest BCUT2D eigenvalue weighted by Gasteiger charge is 2.17. The summed E-state index contributed by atoms with van der Waals surface area (Å²) in [6.07, 6.45) is 1.64. The molecule has 0 spiro atoms. The van der Waals surface area contributed by atoms with Gasteiger partial charge in [-0.25, -0.2) is 9.78 Å². The molecule has 0 aliphatic carbocycles. The van der Waals surface area contributed by atoms with Crippen LogP contribution in [0.5, 0.6) is 0 Å². The molecule has 108 valence electrons. The number of anilines is 2. The van der Waals surface area contributed by atoms with Gasteiger partial charge in [0.15, 0.2) is 0 Å². The zero-order chi connectivity index (χ0) is 14.7. The molecule has 1 N–H and O–H groups in total. The molecular formula is C16H17N3O2. The van der Waals surface area contributed by atoms with Crippen molar-refractivity contribution in [1.29, 1.82) is 0 Å². The molecule has 21 heavy (non-hydrogen) atoms. The molecule has 1 aliphatic rings. The van der Waals surface area contributed by atoms with Crippen LogP contribution in [0, 0.1) is 0 Å². The van der Waals surface area contributed by atoms with Crippen molar-refractivity contribution >= 4 is 17.3 Å². The third-order valence-corrected chi connectivity index (χ3v) is 3.73. The Morgan fingerprint density at radius 2 is 1.52 bits per heavy atom. The van der Waals surface area contributed by atoms with Crippen molar-refractivity contribution < 1.29 is 9.90 Å². The van der Waals surface area contributed by atoms with Gasteiger partial charge in [-0.3, -0.25) is 0 Å². The highest BCUT2D eigenvalue weighted by atomic mass is 16.4. The number of carbonyl (C=O) groups is 1. The molecule has 1 aromatic carbocycles. The van der Waals surface area contributed by atoms with Crippen LogP contribution in [0.2, 0.25) is 0 Å². The molecule has 2 aromatic rings. The quantitative estimate of drug-likeness (QED) is 0.935. The van der Waals surface area contributed by atoms with Crippen molar-refractivity contribution in [2.75, 3.05) is 36.0 Å². The molecular weight excluding hydrogens is 266 g/mol. The van der Waals surface area contributed by atoms with Crippen LogP contribution >= 0.6 is 0 Å². The number of pyridine rings is 1. The van der Waals surface area contributed by atoms with Crippen LogP contribution in [0.15, 0.2) is 48.7 Å². The van der Waals surface area contributed by atoms with Gasteiger partial charge < -0.3 is 14.9 Å². The van der Waals surface area contributed by atoms with E-state index in [-0.39, 0.29) is 5.69 Å². The van der Waals surface area contributed by atoms with E-state index in [2.05, 4.69) is 39.0 Å². The molecule has 0 radical (unpaired) electrons. The van der Waals surface area contributed by atoms with Gasteiger partial charge in [0.1, 0.15) is 5.69 Å². The summed E-state index contributed by atoms with van der Waals surface area (Å²) < 4.78 is 0. The molecule has 5 nitrogen and oxygen atoms in total. The summed E-state index contributed by atoms with van der Waals surface area (Å²) in [4.78, 5) is 19.4. The Morgan fingerprint density at radius 3 is 2.05 bits per heavy atom. The van der Waals surface area contributed by atoms with Gasteiger partial charge in [-0.05, 0) is 24.3 Å². The Morgan fingerprint density at radius 1 is 0.905 bits per heavy atom. The van der Waals surface area contributed by atoms with E-state index in [4.69, 9.17) is 5.11 Å². The molecule has 2 heterocycles. The van der Waals surface area contributed by atoms with E-state index in [0.29, 0.717) is 0 Å². The topological polar surface area (TPSA) is 56.7 Å². The Balaban J connectivity index is 1.64. The number of hydrogen-bond acceptors (Lipinski definition) is 4. The fourth-order valence-corrected chi connectivity index (χ4v) is 2.56. The Hall–Kier alpha value is -2.56. The standard InChI is InChI=1S/C16H17N3O2/c20-16(21)15-7-6-14(12-17-15)19-10-8-18(9-11-19)13-4-2-1-3-5-13/h1-7,12H,8-11H2,(H,20,21). The lowest BCUT2D eigenvalue weighted by Crippen LogP contribution is -2.46. The van der Waals surface area contributed by atoms with Gasteiger partial charge in [-0.15, -0.1) is 0 Å². The van der Waals surface area contributed by atoms with Gasteiger partial charge in [-0.1, -0.05) is 18.2 Å². The van der Waals surface area contributed by atoms with Gasteiger partial charge in [0.2, 0.25) is 0 Å². The normalized spacial score (nSPS) is 15.0. The number of carboxylic acids is 1. The summed E-state index contributed by atoms with van der Waals surface area (Å²) in [6, 6.07) is 13.8. The first-order chi connectivity index (χ1) is 10.2. The summed E-state index contributed by atoms with van der Waals surface area (Å²) in [6.45, 7) is 3.71. The Labute approximate surface area is 123 Å². The molecule has 1 aliphatic heterocycles. The lowest BCUT2D eigenvalue weighted by Gasteiger charge is -2.37. The molecule has 5 heteroatoms. The van der Waals surface area contributed by atoms with Crippen molar-refractivity contribution in [1.82, 2.24) is 4.98 Å². The number of hydrogen-bond donors (Lipinski definition) is 1. The molecule has 0 bridgehead atoms. The largest absolute Gasteiger partial charge is 0.477 e. The van der Waals surface area contributed by atoms with E-state index >= 15 is 0 Å². The number of aromatic carboxylic acids is 1. The number of nitrogens with zero attached hydrogens (tertiary/aromatic N) is 3. The average molecular weight is 283 g/mol. The van der Waals surface area contributed by atoms with Crippen molar-refractivity contribution in [2.24, 2.45) is 0 Å². The van der Waals surface area contributed by atoms with Crippen LogP contribution in [-0.2, 0) is 0 Å². The first kappa shape index (κ1) is 13.4. The van der Waals surface area contributed by atoms with Gasteiger partial charge in [-0.2, -0.15) is 0 Å². The monoisotopic (exact) mass is 283 g/mol. The molecule has 1 fully saturated rings. The number of rotatable bonds is 3. The van der Waals surface area contributed by atoms with Crippen molar-refractivity contribution in [3.63, 3.8) is 0 Å². The van der Waals surface area contributed by atoms with Crippen LogP contribution in [-0.4, -0.2) is 42.2 Å². The predicted octanol–water partition coefficient (Wildman–Crippen LogP) is 2.11. The van der Waals surface area contributed by atoms with E-state index in [1.807, 2.05) is 12.1 Å². The zero-order valence-corrected chi connectivity index (χ0v) is 11.6. The van der Waals surface area contributed by atoms with E-state index in [9.17, 15) is 4.79 Å². The molecule has 1 aromatic heterocycles. The summed E-state index contributed by atoms with van der Waals surface area (Å²) in [7, 11) is 0. The van der Waals surface area contributed by atoms with Crippen molar-refractivity contribution in [3.8, 4) is 0 Å². The van der Waals surface area contributed by atoms with Crippen LogP contribution < -0.4 is 9.80 Å². The second-order valence-corrected chi connectivity index (χ2v) is 5.02. The average Bonchev–Trinajstić information content (AvgIpc) is 2.56. The SMILES string of the molecule is O=C(O)c1ccc(N2CCN(c3ccccc3)CC2)cn1. The smallest absolute Gasteiger partial charge is 0.354 e. The Bertz CT molecular complexity index is 605. The second-order valence-electron chi connectivity index (χ2n) is 5.02. The fraction of sp³-hybridized carbons (Fsp3) is 0.250. The maximum absolute atomic E-state index is 10.8. The zero-order valence-electron chi connectivity index (χ0n) is 11.6. The van der Waals surface area contributed by atoms with Gasteiger partial charge >= 0.3 is 5.97 Å². The first-order valence-corrected chi connectivity index (χ1v) is 6.98. The summed E-state index contributed by atoms with van der Waals surface area (Å²) in [5.41, 5.74) is 2.31. The number of carboxylic acid groups (broad SMARTS) is 1. The lowest BCUT2D eigenvalue weighted by atomic mass is 10.2. The van der Waals surface area contributed by atoms with Gasteiger partial charge in [0.05, 0.1) is 11.9 Å². The van der Waals surface area contributed by atoms with Gasteiger partial charge in [0.25, 0.3) is 0 Å². The Kier molecular flexibility index (Phi) is 3.73. The summed E-state index contributed by atoms with van der Waals surface area (Å²) in [5.74, 6) is -0.990. The van der Waals surface area contributed by atoms with Crippen LogP contribution in [0.3, 0.4) is 0 Å². The third kappa shape index (κ3) is 2.97. The maximum atomic E-state index is 10.8. The van der Waals surface area contributed by atoms with Crippen LogP contribution in [0.1, 0.15) is 10.5 Å². The van der Waals surface area contributed by atoms with E-state index in [0.717, 1.165) is 31.9 Å². The number of aromatic nitrogens is 1. The fourth-order valence-electron chi connectivity index (χ4n) is 2.56. The van der Waals surface area contributed by atoms with E-state index in [1.165, 1.54) is 5.69 Å². The highest BCUT2D eigenvalue weighted by molar-refractivity contribution is 5.85. The number of benzene rings is 1. The predicted molar refractivity (Wildman–Crippen MR) is 82.1 cm³/mol. The minimum Gasteiger partial charge on any atom is -0.477 e. The maximum Gasteiger partial charge on any atom is 0.354 e. The van der Waals surface area contributed by atoms with Crippen LogP contribution in [0.4, 0.5) is 11.4 Å². The lowest BCUT2D eigenvalue weighted by molar-refractivity contribution is 0.0690. The molecule has 0 unspecified atom stereocenters. The number of piperazine rings is 1. The summed E-state index contributed by atoms with van der Waals surface area (Å²) in [5, 5.41) is 8.86. The van der Waals surface area contributed by atoms with Gasteiger partial charge in [0, 0.05) is 31.9 Å². The van der Waals surface area contributed by atoms with Crippen molar-refractivity contribution in [2.45, 2.75) is 0 Å². The highest BCUT2D eigenvalue weighted by Crippen LogP contribution is 2.19.